The van der Waals surface area contributed by atoms with Crippen LogP contribution in [0.5, 0.6) is 0 Å². The second-order valence-electron chi connectivity index (χ2n) is 9.85. The van der Waals surface area contributed by atoms with Gasteiger partial charge in [0.1, 0.15) is 0 Å². The van der Waals surface area contributed by atoms with Gasteiger partial charge >= 0.3 is 0 Å². The molecule has 3 heterocycles. The third-order valence-corrected chi connectivity index (χ3v) is 8.30. The van der Waals surface area contributed by atoms with Gasteiger partial charge in [-0.3, -0.25) is 4.79 Å². The minimum Gasteiger partial charge on any atom is -0.373 e. The van der Waals surface area contributed by atoms with Crippen LogP contribution in [0.25, 0.3) is 11.0 Å². The highest BCUT2D eigenvalue weighted by atomic mass is 32.2. The van der Waals surface area contributed by atoms with Crippen molar-refractivity contribution in [1.82, 2.24) is 19.1 Å². The summed E-state index contributed by atoms with van der Waals surface area (Å²) in [6.07, 6.45) is 3.51. The van der Waals surface area contributed by atoms with E-state index in [1.54, 1.807) is 18.3 Å². The maximum Gasteiger partial charge on any atom is 0.256 e. The van der Waals surface area contributed by atoms with Gasteiger partial charge in [-0.05, 0) is 70.9 Å². The first-order chi connectivity index (χ1) is 16.6. The van der Waals surface area contributed by atoms with E-state index in [4.69, 9.17) is 9.72 Å². The summed E-state index contributed by atoms with van der Waals surface area (Å²) in [5.74, 6) is 0.116. The molecule has 1 aliphatic heterocycles. The van der Waals surface area contributed by atoms with E-state index >= 15 is 0 Å². The molecule has 0 radical (unpaired) electrons. The molecule has 1 amide bonds. The predicted octanol–water partition coefficient (Wildman–Crippen LogP) is 3.94. The van der Waals surface area contributed by atoms with Gasteiger partial charge in [-0.2, -0.15) is 9.40 Å². The van der Waals surface area contributed by atoms with Gasteiger partial charge < -0.3 is 10.1 Å². The molecule has 0 spiro atoms. The summed E-state index contributed by atoms with van der Waals surface area (Å²) in [5.41, 5.74) is 2.68. The third kappa shape index (κ3) is 4.70. The van der Waals surface area contributed by atoms with Crippen LogP contribution < -0.4 is 5.32 Å². The van der Waals surface area contributed by atoms with Crippen molar-refractivity contribution in [2.24, 2.45) is 0 Å². The van der Waals surface area contributed by atoms with Crippen LogP contribution in [0.4, 0.5) is 5.69 Å². The number of nitrogens with zero attached hydrogens (tertiary/aromatic N) is 4. The second kappa shape index (κ2) is 9.00. The number of nitrogens with one attached hydrogen (secondary N) is 1. The fourth-order valence-corrected chi connectivity index (χ4v) is 6.17. The predicted molar refractivity (Wildman–Crippen MR) is 133 cm³/mol. The molecule has 1 saturated carbocycles. The Morgan fingerprint density at radius 3 is 2.37 bits per heavy atom. The SMILES string of the molecule is CC1CN(S(=O)(=O)c2ccc(NC(=O)c3cc(C4CC4)nc4c3cnn4C(C)C)cc2)CC(C)O1. The lowest BCUT2D eigenvalue weighted by molar-refractivity contribution is -0.0440. The summed E-state index contributed by atoms with van der Waals surface area (Å²) in [6, 6.07) is 8.29. The van der Waals surface area contributed by atoms with E-state index in [1.807, 2.05) is 38.4 Å². The number of hydrogen-bond acceptors (Lipinski definition) is 6. The van der Waals surface area contributed by atoms with Crippen molar-refractivity contribution in [2.75, 3.05) is 18.4 Å². The molecule has 35 heavy (non-hydrogen) atoms. The van der Waals surface area contributed by atoms with Crippen molar-refractivity contribution in [1.29, 1.82) is 0 Å². The summed E-state index contributed by atoms with van der Waals surface area (Å²) < 4.78 is 35.2. The summed E-state index contributed by atoms with van der Waals surface area (Å²) >= 11 is 0. The van der Waals surface area contributed by atoms with Gasteiger partial charge in [0.25, 0.3) is 5.91 Å². The molecular formula is C25H31N5O4S. The minimum absolute atomic E-state index is 0.122. The maximum absolute atomic E-state index is 13.3. The summed E-state index contributed by atoms with van der Waals surface area (Å²) in [6.45, 7) is 8.43. The molecule has 1 N–H and O–H groups in total. The largest absolute Gasteiger partial charge is 0.373 e. The van der Waals surface area contributed by atoms with Gasteiger partial charge in [-0.25, -0.2) is 18.1 Å². The first-order valence-electron chi connectivity index (χ1n) is 12.1. The Labute approximate surface area is 205 Å². The van der Waals surface area contributed by atoms with E-state index in [2.05, 4.69) is 10.4 Å². The van der Waals surface area contributed by atoms with Crippen LogP contribution in [0.1, 0.15) is 68.5 Å². The number of pyridine rings is 1. The number of anilines is 1. The highest BCUT2D eigenvalue weighted by Crippen LogP contribution is 2.40. The molecule has 1 aromatic carbocycles. The first kappa shape index (κ1) is 23.9. The van der Waals surface area contributed by atoms with Crippen LogP contribution in [0.2, 0.25) is 0 Å². The van der Waals surface area contributed by atoms with Crippen molar-refractivity contribution in [3.05, 3.63) is 47.8 Å². The Morgan fingerprint density at radius 1 is 1.11 bits per heavy atom. The number of morpholine rings is 1. The van der Waals surface area contributed by atoms with Crippen LogP contribution in [-0.2, 0) is 14.8 Å². The number of amides is 1. The average molecular weight is 498 g/mol. The van der Waals surface area contributed by atoms with Crippen molar-refractivity contribution >= 4 is 32.7 Å². The highest BCUT2D eigenvalue weighted by molar-refractivity contribution is 7.89. The zero-order valence-corrected chi connectivity index (χ0v) is 21.2. The Hall–Kier alpha value is -2.82. The van der Waals surface area contributed by atoms with Crippen LogP contribution >= 0.6 is 0 Å². The lowest BCUT2D eigenvalue weighted by Gasteiger charge is -2.34. The number of aromatic nitrogens is 3. The van der Waals surface area contributed by atoms with E-state index < -0.39 is 10.0 Å². The first-order valence-corrected chi connectivity index (χ1v) is 13.5. The topological polar surface area (TPSA) is 106 Å². The molecule has 1 saturated heterocycles. The second-order valence-corrected chi connectivity index (χ2v) is 11.8. The summed E-state index contributed by atoms with van der Waals surface area (Å²) in [4.78, 5) is 18.3. The van der Waals surface area contributed by atoms with E-state index in [9.17, 15) is 13.2 Å². The zero-order valence-electron chi connectivity index (χ0n) is 20.4. The van der Waals surface area contributed by atoms with Crippen LogP contribution in [0.3, 0.4) is 0 Å². The van der Waals surface area contributed by atoms with Crippen molar-refractivity contribution in [3.8, 4) is 0 Å². The lowest BCUT2D eigenvalue weighted by atomic mass is 10.1. The van der Waals surface area contributed by atoms with Crippen molar-refractivity contribution in [3.63, 3.8) is 0 Å². The number of ether oxygens (including phenoxy) is 1. The van der Waals surface area contributed by atoms with E-state index in [0.717, 1.165) is 18.5 Å². The van der Waals surface area contributed by atoms with Gasteiger partial charge in [-0.1, -0.05) is 0 Å². The summed E-state index contributed by atoms with van der Waals surface area (Å²) in [7, 11) is -3.65. The number of rotatable bonds is 6. The molecule has 5 rings (SSSR count). The van der Waals surface area contributed by atoms with Gasteiger partial charge in [0.2, 0.25) is 10.0 Å². The van der Waals surface area contributed by atoms with Crippen LogP contribution in [0.15, 0.2) is 41.4 Å². The van der Waals surface area contributed by atoms with E-state index in [1.165, 1.54) is 16.4 Å². The van der Waals surface area contributed by atoms with Crippen LogP contribution in [-0.4, -0.2) is 58.7 Å². The molecule has 1 aliphatic carbocycles. The Bertz CT molecular complexity index is 1350. The molecule has 2 atom stereocenters. The van der Waals surface area contributed by atoms with Gasteiger partial charge in [0, 0.05) is 36.4 Å². The fourth-order valence-electron chi connectivity index (χ4n) is 4.58. The zero-order chi connectivity index (χ0) is 24.9. The lowest BCUT2D eigenvalue weighted by Crippen LogP contribution is -2.48. The maximum atomic E-state index is 13.3. The number of benzene rings is 1. The number of fused-ring (bicyclic) bond motifs is 1. The molecule has 2 aromatic heterocycles. The molecule has 2 fully saturated rings. The van der Waals surface area contributed by atoms with E-state index in [-0.39, 0.29) is 29.1 Å². The Kier molecular flexibility index (Phi) is 6.14. The number of sulfonamides is 1. The smallest absolute Gasteiger partial charge is 0.256 e. The highest BCUT2D eigenvalue weighted by Gasteiger charge is 2.32. The minimum atomic E-state index is -3.65. The molecule has 2 unspecified atom stereocenters. The normalized spacial score (nSPS) is 21.5. The fraction of sp³-hybridized carbons (Fsp3) is 0.480. The average Bonchev–Trinajstić information content (AvgIpc) is 3.56. The molecular weight excluding hydrogens is 466 g/mol. The molecule has 0 bridgehead atoms. The Morgan fingerprint density at radius 2 is 1.77 bits per heavy atom. The van der Waals surface area contributed by atoms with Gasteiger partial charge in [-0.15, -0.1) is 0 Å². The molecule has 10 heteroatoms. The number of hydrogen-bond donors (Lipinski definition) is 1. The standard InChI is InChI=1S/C25H31N5O4S/c1-15(2)30-24-22(12-26-30)21(11-23(28-24)18-5-6-18)25(31)27-19-7-9-20(10-8-19)35(32,33)29-13-16(3)34-17(4)14-29/h7-12,15-18H,5-6,13-14H2,1-4H3,(H,27,31). The molecule has 2 aliphatic rings. The van der Waals surface area contributed by atoms with Crippen LogP contribution in [0, 0.1) is 0 Å². The van der Waals surface area contributed by atoms with Gasteiger partial charge in [0.15, 0.2) is 5.65 Å². The third-order valence-electron chi connectivity index (χ3n) is 6.45. The van der Waals surface area contributed by atoms with E-state index in [0.29, 0.717) is 41.3 Å². The monoisotopic (exact) mass is 497 g/mol. The van der Waals surface area contributed by atoms with Crippen molar-refractivity contribution < 1.29 is 17.9 Å². The summed E-state index contributed by atoms with van der Waals surface area (Å²) in [5, 5.41) is 8.07. The molecule has 9 nitrogen and oxygen atoms in total. The number of carbonyl (C=O) groups is 1. The number of carbonyl (C=O) groups excluding carboxylic acids is 1. The van der Waals surface area contributed by atoms with Crippen molar-refractivity contribution in [2.45, 2.75) is 69.6 Å². The molecule has 186 valence electrons. The quantitative estimate of drug-likeness (QED) is 0.553. The Balaban J connectivity index is 1.39. The molecule has 3 aromatic rings. The van der Waals surface area contributed by atoms with Gasteiger partial charge in [0.05, 0.1) is 34.2 Å².